The number of aromatic nitrogens is 1. The van der Waals surface area contributed by atoms with Crippen LogP contribution in [0.1, 0.15) is 28.8 Å². The number of hydrogen-bond acceptors (Lipinski definition) is 4. The third-order valence-electron chi connectivity index (χ3n) is 4.22. The van der Waals surface area contributed by atoms with Crippen molar-refractivity contribution >= 4 is 23.2 Å². The van der Waals surface area contributed by atoms with Gasteiger partial charge in [-0.1, -0.05) is 17.7 Å². The third kappa shape index (κ3) is 4.41. The van der Waals surface area contributed by atoms with Crippen LogP contribution in [0.2, 0.25) is 5.02 Å². The van der Waals surface area contributed by atoms with Crippen LogP contribution in [-0.4, -0.2) is 40.1 Å². The van der Waals surface area contributed by atoms with Crippen LogP contribution < -0.4 is 10.9 Å². The van der Waals surface area contributed by atoms with Crippen LogP contribution in [-0.2, 0) is 6.54 Å². The molecule has 25 heavy (non-hydrogen) atoms. The Balaban J connectivity index is 1.70. The lowest BCUT2D eigenvalue weighted by molar-refractivity contribution is 0.0474. The number of β-amino-alcohol motifs (C(OH)–C–C–N with tert-alkyl or cyclic N) is 1. The molecule has 0 bridgehead atoms. The van der Waals surface area contributed by atoms with E-state index < -0.39 is 6.10 Å². The Kier molecular flexibility index (Phi) is 5.40. The Hall–Kier alpha value is -2.31. The summed E-state index contributed by atoms with van der Waals surface area (Å²) in [6.45, 7) is 1.33. The zero-order chi connectivity index (χ0) is 17.8. The van der Waals surface area contributed by atoms with Gasteiger partial charge in [-0.05, 0) is 37.1 Å². The number of H-pyrrole nitrogens is 1. The monoisotopic (exact) mass is 361 g/mol. The van der Waals surface area contributed by atoms with Gasteiger partial charge >= 0.3 is 0 Å². The highest BCUT2D eigenvalue weighted by Crippen LogP contribution is 2.17. The van der Waals surface area contributed by atoms with Crippen LogP contribution in [0.5, 0.6) is 0 Å². The van der Waals surface area contributed by atoms with Crippen molar-refractivity contribution < 1.29 is 9.90 Å². The predicted molar refractivity (Wildman–Crippen MR) is 97.0 cm³/mol. The topological polar surface area (TPSA) is 85.4 Å². The lowest BCUT2D eigenvalue weighted by atomic mass is 10.1. The lowest BCUT2D eigenvalue weighted by Gasteiger charge is -2.30. The SMILES string of the molecule is O=C(c1cccc(NCc2cc(Cl)c[nH]c2=O)c1)N1CCCC(O)C1. The molecule has 1 aromatic heterocycles. The van der Waals surface area contributed by atoms with Crippen LogP contribution in [0.3, 0.4) is 0 Å². The molecule has 1 unspecified atom stereocenters. The van der Waals surface area contributed by atoms with Crippen LogP contribution in [0.25, 0.3) is 0 Å². The molecule has 6 nitrogen and oxygen atoms in total. The molecule has 2 aromatic rings. The average molecular weight is 362 g/mol. The van der Waals surface area contributed by atoms with E-state index in [0.717, 1.165) is 18.5 Å². The number of carbonyl (C=O) groups excluding carboxylic acids is 1. The summed E-state index contributed by atoms with van der Waals surface area (Å²) >= 11 is 5.89. The molecule has 1 atom stereocenters. The number of nitrogens with one attached hydrogen (secondary N) is 2. The summed E-state index contributed by atoms with van der Waals surface area (Å²) in [4.78, 5) is 28.6. The number of halogens is 1. The van der Waals surface area contributed by atoms with Crippen LogP contribution in [0.15, 0.2) is 41.3 Å². The molecule has 1 saturated heterocycles. The predicted octanol–water partition coefficient (Wildman–Crippen LogP) is 2.24. The fourth-order valence-corrected chi connectivity index (χ4v) is 3.10. The molecule has 0 radical (unpaired) electrons. The van der Waals surface area contributed by atoms with Gasteiger partial charge in [0.25, 0.3) is 11.5 Å². The van der Waals surface area contributed by atoms with Crippen LogP contribution >= 0.6 is 11.6 Å². The number of likely N-dealkylation sites (tertiary alicyclic amines) is 1. The van der Waals surface area contributed by atoms with Crippen molar-refractivity contribution in [2.45, 2.75) is 25.5 Å². The Morgan fingerprint density at radius 3 is 3.04 bits per heavy atom. The number of benzene rings is 1. The van der Waals surface area contributed by atoms with Gasteiger partial charge in [-0.25, -0.2) is 0 Å². The van der Waals surface area contributed by atoms with Gasteiger partial charge in [0.2, 0.25) is 0 Å². The second-order valence-electron chi connectivity index (χ2n) is 6.15. The Morgan fingerprint density at radius 2 is 2.24 bits per heavy atom. The van der Waals surface area contributed by atoms with Gasteiger partial charge in [-0.2, -0.15) is 0 Å². The minimum atomic E-state index is -0.450. The first-order valence-corrected chi connectivity index (χ1v) is 8.59. The number of aliphatic hydroxyl groups is 1. The van der Waals surface area contributed by atoms with Crippen molar-refractivity contribution in [3.8, 4) is 0 Å². The summed E-state index contributed by atoms with van der Waals surface area (Å²) in [6, 6.07) is 8.74. The Morgan fingerprint density at radius 1 is 1.40 bits per heavy atom. The summed E-state index contributed by atoms with van der Waals surface area (Å²) in [5.41, 5.74) is 1.61. The average Bonchev–Trinajstić information content (AvgIpc) is 2.62. The van der Waals surface area contributed by atoms with Gasteiger partial charge in [-0.15, -0.1) is 0 Å². The van der Waals surface area contributed by atoms with E-state index in [-0.39, 0.29) is 11.5 Å². The minimum absolute atomic E-state index is 0.0944. The highest BCUT2D eigenvalue weighted by atomic mass is 35.5. The number of aromatic amines is 1. The van der Waals surface area contributed by atoms with E-state index in [4.69, 9.17) is 11.6 Å². The summed E-state index contributed by atoms with van der Waals surface area (Å²) < 4.78 is 0. The molecule has 1 amide bonds. The molecule has 3 N–H and O–H groups in total. The lowest BCUT2D eigenvalue weighted by Crippen LogP contribution is -2.42. The Labute approximate surface area is 150 Å². The molecule has 3 rings (SSSR count). The first-order chi connectivity index (χ1) is 12.0. The fourth-order valence-electron chi connectivity index (χ4n) is 2.91. The molecule has 1 aliphatic heterocycles. The van der Waals surface area contributed by atoms with Crippen LogP contribution in [0.4, 0.5) is 5.69 Å². The van der Waals surface area contributed by atoms with E-state index in [1.807, 2.05) is 6.07 Å². The summed E-state index contributed by atoms with van der Waals surface area (Å²) in [7, 11) is 0. The molecule has 0 spiro atoms. The molecule has 0 saturated carbocycles. The quantitative estimate of drug-likeness (QED) is 0.779. The molecule has 1 aromatic carbocycles. The number of amides is 1. The maximum atomic E-state index is 12.6. The Bertz CT molecular complexity index is 821. The highest BCUT2D eigenvalue weighted by molar-refractivity contribution is 6.30. The molecular formula is C18H20ClN3O3. The van der Waals surface area contributed by atoms with Crippen molar-refractivity contribution in [1.82, 2.24) is 9.88 Å². The first-order valence-electron chi connectivity index (χ1n) is 8.21. The van der Waals surface area contributed by atoms with E-state index in [1.54, 1.807) is 29.2 Å². The molecular weight excluding hydrogens is 342 g/mol. The molecule has 7 heteroatoms. The number of pyridine rings is 1. The zero-order valence-corrected chi connectivity index (χ0v) is 14.4. The third-order valence-corrected chi connectivity index (χ3v) is 4.44. The number of hydrogen-bond donors (Lipinski definition) is 3. The molecule has 0 aliphatic carbocycles. The summed E-state index contributed by atoms with van der Waals surface area (Å²) in [5, 5.41) is 13.3. The molecule has 2 heterocycles. The zero-order valence-electron chi connectivity index (χ0n) is 13.7. The maximum Gasteiger partial charge on any atom is 0.254 e. The number of piperidine rings is 1. The smallest absolute Gasteiger partial charge is 0.254 e. The van der Waals surface area contributed by atoms with Gasteiger partial charge in [0.15, 0.2) is 0 Å². The normalized spacial score (nSPS) is 17.4. The second kappa shape index (κ2) is 7.72. The van der Waals surface area contributed by atoms with Gasteiger partial charge in [-0.3, -0.25) is 9.59 Å². The molecule has 1 fully saturated rings. The standard InChI is InChI=1S/C18H20ClN3O3/c19-14-7-13(17(24)21-10-14)9-20-15-4-1-3-12(8-15)18(25)22-6-2-5-16(23)11-22/h1,3-4,7-8,10,16,20,23H,2,5-6,9,11H2,(H,21,24). The van der Waals surface area contributed by atoms with Crippen molar-refractivity contribution in [3.63, 3.8) is 0 Å². The number of carbonyl (C=O) groups is 1. The van der Waals surface area contributed by atoms with Crippen molar-refractivity contribution in [2.75, 3.05) is 18.4 Å². The van der Waals surface area contributed by atoms with Crippen molar-refractivity contribution in [3.05, 3.63) is 63.0 Å². The van der Waals surface area contributed by atoms with Gasteiger partial charge in [0.1, 0.15) is 0 Å². The van der Waals surface area contributed by atoms with Crippen LogP contribution in [0, 0.1) is 0 Å². The van der Waals surface area contributed by atoms with Gasteiger partial charge in [0, 0.05) is 42.6 Å². The second-order valence-corrected chi connectivity index (χ2v) is 6.59. The van der Waals surface area contributed by atoms with Gasteiger partial charge < -0.3 is 20.3 Å². The number of anilines is 1. The largest absolute Gasteiger partial charge is 0.391 e. The summed E-state index contributed by atoms with van der Waals surface area (Å²) in [6.07, 6.45) is 2.54. The van der Waals surface area contributed by atoms with Gasteiger partial charge in [0.05, 0.1) is 11.1 Å². The first kappa shape index (κ1) is 17.5. The van der Waals surface area contributed by atoms with E-state index >= 15 is 0 Å². The van der Waals surface area contributed by atoms with E-state index in [1.165, 1.54) is 6.20 Å². The highest BCUT2D eigenvalue weighted by Gasteiger charge is 2.23. The van der Waals surface area contributed by atoms with E-state index in [0.29, 0.717) is 35.8 Å². The maximum absolute atomic E-state index is 12.6. The molecule has 1 aliphatic rings. The van der Waals surface area contributed by atoms with Crippen molar-refractivity contribution in [2.24, 2.45) is 0 Å². The molecule has 132 valence electrons. The number of nitrogens with zero attached hydrogens (tertiary/aromatic N) is 1. The van der Waals surface area contributed by atoms with E-state index in [2.05, 4.69) is 10.3 Å². The van der Waals surface area contributed by atoms with E-state index in [9.17, 15) is 14.7 Å². The number of aliphatic hydroxyl groups excluding tert-OH is 1. The number of rotatable bonds is 4. The summed E-state index contributed by atoms with van der Waals surface area (Å²) in [5.74, 6) is -0.0944. The van der Waals surface area contributed by atoms with Crippen molar-refractivity contribution in [1.29, 1.82) is 0 Å². The fraction of sp³-hybridized carbons (Fsp3) is 0.333. The minimum Gasteiger partial charge on any atom is -0.391 e.